The summed E-state index contributed by atoms with van der Waals surface area (Å²) < 4.78 is 46.0. The van der Waals surface area contributed by atoms with E-state index in [4.69, 9.17) is 18.9 Å². The van der Waals surface area contributed by atoms with Crippen LogP contribution < -0.4 is 4.46 Å². The van der Waals surface area contributed by atoms with E-state index in [0.29, 0.717) is 4.46 Å². The Morgan fingerprint density at radius 3 is 2.41 bits per heavy atom. The Labute approximate surface area is 159 Å². The van der Waals surface area contributed by atoms with E-state index in [0.717, 1.165) is 0 Å². The average Bonchev–Trinajstić information content (AvgIpc) is 2.61. The maximum absolute atomic E-state index is 12.3. The van der Waals surface area contributed by atoms with Crippen LogP contribution in [-0.4, -0.2) is 56.4 Å². The van der Waals surface area contributed by atoms with Crippen LogP contribution in [0.15, 0.2) is 42.5 Å². The van der Waals surface area contributed by atoms with Crippen molar-refractivity contribution in [1.82, 2.24) is 0 Å². The molecular weight excluding hydrogens is 423 g/mol. The summed E-state index contributed by atoms with van der Waals surface area (Å²) in [6, 6.07) is 8.18. The Balaban J connectivity index is 1.92. The molecule has 0 unspecified atom stereocenters. The van der Waals surface area contributed by atoms with Gasteiger partial charge >= 0.3 is 159 Å². The van der Waals surface area contributed by atoms with Crippen molar-refractivity contribution in [3.8, 4) is 0 Å². The van der Waals surface area contributed by atoms with Crippen molar-refractivity contribution in [2.45, 2.75) is 37.7 Å². The molecule has 148 valence electrons. The Bertz CT molecular complexity index is 772. The molecule has 1 heterocycles. The molecule has 0 bridgehead atoms. The zero-order valence-electron chi connectivity index (χ0n) is 15.1. The van der Waals surface area contributed by atoms with Gasteiger partial charge in [0, 0.05) is 0 Å². The van der Waals surface area contributed by atoms with Crippen LogP contribution in [0.5, 0.6) is 0 Å². The zero-order chi connectivity index (χ0) is 19.9. The van der Waals surface area contributed by atoms with Crippen LogP contribution in [0.2, 0.25) is 5.32 Å². The first-order valence-corrected chi connectivity index (χ1v) is 11.8. The van der Waals surface area contributed by atoms with E-state index < -0.39 is 43.1 Å². The van der Waals surface area contributed by atoms with E-state index in [9.17, 15) is 17.3 Å². The van der Waals surface area contributed by atoms with Crippen LogP contribution in [0.1, 0.15) is 13.8 Å². The minimum atomic E-state index is -4.28. The van der Waals surface area contributed by atoms with E-state index in [1.165, 1.54) is 19.9 Å². The number of hydrogen-bond donors (Lipinski definition) is 0. The number of carbonyl (C=O) groups excluding carboxylic acids is 2. The Kier molecular flexibility index (Phi) is 7.67. The van der Waals surface area contributed by atoms with Crippen LogP contribution in [0, 0.1) is 0 Å². The molecule has 3 atom stereocenters. The third-order valence-electron chi connectivity index (χ3n) is 3.62. The number of esters is 2. The van der Waals surface area contributed by atoms with Gasteiger partial charge in [0.2, 0.25) is 0 Å². The molecule has 1 aliphatic rings. The van der Waals surface area contributed by atoms with Gasteiger partial charge in [0.1, 0.15) is 0 Å². The quantitative estimate of drug-likeness (QED) is 0.332. The van der Waals surface area contributed by atoms with E-state index in [1.807, 2.05) is 0 Å². The molecule has 0 radical (unpaired) electrons. The summed E-state index contributed by atoms with van der Waals surface area (Å²) in [4.78, 5) is 22.2. The molecule has 1 aromatic carbocycles. The first-order valence-electron chi connectivity index (χ1n) is 8.32. The van der Waals surface area contributed by atoms with Gasteiger partial charge in [-0.05, 0) is 0 Å². The monoisotopic (exact) mass is 446 g/mol. The molecule has 0 N–H and O–H groups in total. The molecule has 1 aliphatic heterocycles. The number of rotatable bonds is 8. The minimum absolute atomic E-state index is 0.0601. The van der Waals surface area contributed by atoms with Crippen molar-refractivity contribution in [3.05, 3.63) is 42.5 Å². The van der Waals surface area contributed by atoms with Crippen LogP contribution in [0.25, 0.3) is 0 Å². The summed E-state index contributed by atoms with van der Waals surface area (Å²) in [6.45, 7) is 2.33. The fourth-order valence-corrected chi connectivity index (χ4v) is 4.73. The molecule has 0 aliphatic carbocycles. The number of ether oxygens (including phenoxy) is 4. The third-order valence-corrected chi connectivity index (χ3v) is 7.18. The average molecular weight is 445 g/mol. The molecular formula is C18H22O8Se. The molecule has 0 saturated heterocycles. The SMILES string of the molecule is CC(=O)OC[C@H]1O[C@H](OCC[Se](=O)(=O)c2ccccc2)C=C[C@@H]1OC(C)=O. The molecule has 8 nitrogen and oxygen atoms in total. The molecule has 0 fully saturated rings. The van der Waals surface area contributed by atoms with Crippen LogP contribution >= 0.6 is 0 Å². The predicted octanol–water partition coefficient (Wildman–Crippen LogP) is 0.989. The normalized spacial score (nSPS) is 22.2. The second-order valence-corrected chi connectivity index (χ2v) is 10.2. The van der Waals surface area contributed by atoms with Gasteiger partial charge in [0.05, 0.1) is 0 Å². The second kappa shape index (κ2) is 9.75. The maximum atomic E-state index is 12.3. The van der Waals surface area contributed by atoms with Crippen molar-refractivity contribution in [2.75, 3.05) is 13.2 Å². The van der Waals surface area contributed by atoms with E-state index >= 15 is 0 Å². The number of hydrogen-bond acceptors (Lipinski definition) is 8. The first kappa shape index (κ1) is 21.2. The van der Waals surface area contributed by atoms with Crippen molar-refractivity contribution in [1.29, 1.82) is 0 Å². The zero-order valence-corrected chi connectivity index (χ0v) is 16.8. The molecule has 27 heavy (non-hydrogen) atoms. The predicted molar refractivity (Wildman–Crippen MR) is 94.0 cm³/mol. The molecule has 0 aromatic heterocycles. The number of benzene rings is 1. The Hall–Kier alpha value is -2.06. The van der Waals surface area contributed by atoms with E-state index in [2.05, 4.69) is 0 Å². The fraction of sp³-hybridized carbons (Fsp3) is 0.444. The summed E-state index contributed by atoms with van der Waals surface area (Å²) in [5.41, 5.74) is 0. The van der Waals surface area contributed by atoms with Gasteiger partial charge in [-0.25, -0.2) is 0 Å². The molecule has 0 amide bonds. The second-order valence-electron chi connectivity index (χ2n) is 5.81. The standard InChI is InChI=1S/C18H22O8Se/c1-13(19)24-12-17-16(25-14(2)20)8-9-18(26-17)23-10-11-27(21,22)15-6-4-3-5-7-15/h3-9,16-18H,10-12H2,1-2H3/t16-,17+,18-/m0/s1. The van der Waals surface area contributed by atoms with Gasteiger partial charge in [-0.2, -0.15) is 0 Å². The van der Waals surface area contributed by atoms with Gasteiger partial charge in [0.15, 0.2) is 0 Å². The molecule has 2 rings (SSSR count). The Morgan fingerprint density at radius 2 is 1.78 bits per heavy atom. The molecule has 9 heteroatoms. The third kappa shape index (κ3) is 6.88. The van der Waals surface area contributed by atoms with Gasteiger partial charge in [-0.3, -0.25) is 0 Å². The first-order chi connectivity index (χ1) is 12.8. The number of carbonyl (C=O) groups is 2. The summed E-state index contributed by atoms with van der Waals surface area (Å²) in [5.74, 6) is -0.998. The summed E-state index contributed by atoms with van der Waals surface area (Å²) in [6.07, 6.45) is 0.799. The van der Waals surface area contributed by atoms with E-state index in [1.54, 1.807) is 36.4 Å². The molecule has 0 saturated carbocycles. The van der Waals surface area contributed by atoms with Crippen LogP contribution in [0.4, 0.5) is 0 Å². The van der Waals surface area contributed by atoms with Gasteiger partial charge < -0.3 is 0 Å². The van der Waals surface area contributed by atoms with Crippen molar-refractivity contribution >= 4 is 29.1 Å². The van der Waals surface area contributed by atoms with Crippen molar-refractivity contribution in [3.63, 3.8) is 0 Å². The summed E-state index contributed by atoms with van der Waals surface area (Å²) >= 11 is -4.28. The molecule has 0 spiro atoms. The molecule has 1 aromatic rings. The Morgan fingerprint density at radius 1 is 1.07 bits per heavy atom. The topological polar surface area (TPSA) is 105 Å². The van der Waals surface area contributed by atoms with Gasteiger partial charge in [-0.1, -0.05) is 0 Å². The van der Waals surface area contributed by atoms with Crippen molar-refractivity contribution in [2.24, 2.45) is 0 Å². The fourth-order valence-electron chi connectivity index (χ4n) is 2.37. The van der Waals surface area contributed by atoms with Crippen LogP contribution in [-0.2, 0) is 36.2 Å². The summed E-state index contributed by atoms with van der Waals surface area (Å²) in [7, 11) is 0. The van der Waals surface area contributed by atoms with E-state index in [-0.39, 0.29) is 18.5 Å². The van der Waals surface area contributed by atoms with Crippen LogP contribution in [0.3, 0.4) is 0 Å². The van der Waals surface area contributed by atoms with Crippen molar-refractivity contribution < 1.29 is 36.2 Å². The van der Waals surface area contributed by atoms with Gasteiger partial charge in [0.25, 0.3) is 0 Å². The van der Waals surface area contributed by atoms with Gasteiger partial charge in [-0.15, -0.1) is 0 Å². The summed E-state index contributed by atoms with van der Waals surface area (Å²) in [5, 5.41) is -0.143.